The predicted molar refractivity (Wildman–Crippen MR) is 123 cm³/mol. The van der Waals surface area contributed by atoms with Gasteiger partial charge in [-0.2, -0.15) is 9.29 Å². The smallest absolute Gasteiger partial charge is 0.388 e. The Morgan fingerprint density at radius 1 is 1.03 bits per heavy atom. The molecule has 0 bridgehead atoms. The molecule has 2 aromatic rings. The maximum Gasteiger partial charge on any atom is 0.483 e. The van der Waals surface area contributed by atoms with E-state index in [0.29, 0.717) is 0 Å². The maximum absolute atomic E-state index is 12.3. The molecule has 11 atom stereocenters. The molecule has 22 heteroatoms. The Kier molecular flexibility index (Phi) is 8.63. The average molecular weight is 603 g/mol. The molecule has 0 aromatic carbocycles. The highest BCUT2D eigenvalue weighted by atomic mass is 31.3. The molecule has 2 fully saturated rings. The van der Waals surface area contributed by atoms with Crippen molar-refractivity contribution in [3.05, 3.63) is 16.7 Å². The van der Waals surface area contributed by atoms with Crippen molar-refractivity contribution in [3.63, 3.8) is 0 Å². The van der Waals surface area contributed by atoms with Crippen LogP contribution < -0.4 is 11.3 Å². The minimum atomic E-state index is -5.51. The van der Waals surface area contributed by atoms with E-state index in [1.54, 1.807) is 6.92 Å². The fourth-order valence-corrected chi connectivity index (χ4v) is 6.20. The van der Waals surface area contributed by atoms with Gasteiger partial charge in [-0.05, 0) is 6.42 Å². The van der Waals surface area contributed by atoms with Crippen molar-refractivity contribution < 1.29 is 67.3 Å². The van der Waals surface area contributed by atoms with E-state index >= 15 is 0 Å². The monoisotopic (exact) mass is 603 g/mol. The van der Waals surface area contributed by atoms with Gasteiger partial charge in [0.15, 0.2) is 23.7 Å². The van der Waals surface area contributed by atoms with E-state index in [9.17, 15) is 49.2 Å². The van der Waals surface area contributed by atoms with Crippen molar-refractivity contribution in [1.29, 1.82) is 0 Å². The second-order valence-electron chi connectivity index (χ2n) is 8.66. The molecule has 2 saturated heterocycles. The number of aromatic nitrogens is 4. The van der Waals surface area contributed by atoms with Crippen LogP contribution in [0, 0.1) is 0 Å². The van der Waals surface area contributed by atoms with Crippen molar-refractivity contribution in [2.75, 3.05) is 12.3 Å². The summed E-state index contributed by atoms with van der Waals surface area (Å²) >= 11 is 0. The first kappa shape index (κ1) is 30.1. The summed E-state index contributed by atoms with van der Waals surface area (Å²) in [5.41, 5.74) is 4.60. The fraction of sp³-hybridized carbons (Fsp3) is 0.706. The molecule has 4 rings (SSSR count). The average Bonchev–Trinajstić information content (AvgIpc) is 3.38. The number of aliphatic hydroxyl groups is 5. The molecule has 220 valence electrons. The summed E-state index contributed by atoms with van der Waals surface area (Å²) in [7, 11) is -10.9. The molecule has 39 heavy (non-hydrogen) atoms. The lowest BCUT2D eigenvalue weighted by molar-refractivity contribution is -0.275. The van der Waals surface area contributed by atoms with E-state index < -0.39 is 83.1 Å². The summed E-state index contributed by atoms with van der Waals surface area (Å²) in [6.07, 6.45) is -13.7. The number of aliphatic hydroxyl groups excluding tert-OH is 5. The van der Waals surface area contributed by atoms with Crippen LogP contribution in [0.25, 0.3) is 11.2 Å². The highest BCUT2D eigenvalue weighted by molar-refractivity contribution is 7.61. The molecule has 20 nitrogen and oxygen atoms in total. The third-order valence-corrected chi connectivity index (χ3v) is 8.58. The second kappa shape index (κ2) is 11.2. The molecule has 4 heterocycles. The number of anilines is 1. The Labute approximate surface area is 217 Å². The topological polar surface area (TPSA) is 311 Å². The first-order chi connectivity index (χ1) is 18.1. The van der Waals surface area contributed by atoms with Crippen molar-refractivity contribution in [2.24, 2.45) is 0 Å². The number of nitrogens with one attached hydrogen (secondary N) is 1. The first-order valence-corrected chi connectivity index (χ1v) is 14.3. The van der Waals surface area contributed by atoms with E-state index in [4.69, 9.17) is 15.2 Å². The van der Waals surface area contributed by atoms with Gasteiger partial charge in [0.05, 0.1) is 19.0 Å². The Bertz CT molecular complexity index is 1340. The number of phosphoric ester groups is 2. The predicted octanol–water partition coefficient (Wildman–Crippen LogP) is -3.21. The number of nitrogen functional groups attached to an aromatic ring is 1. The molecule has 0 amide bonds. The number of rotatable bonds is 9. The van der Waals surface area contributed by atoms with Gasteiger partial charge in [-0.25, -0.2) is 14.1 Å². The maximum atomic E-state index is 12.3. The van der Waals surface area contributed by atoms with E-state index in [1.807, 2.05) is 0 Å². The lowest BCUT2D eigenvalue weighted by Crippen LogP contribution is -2.57. The van der Waals surface area contributed by atoms with Crippen LogP contribution in [0.15, 0.2) is 11.1 Å². The molecule has 0 radical (unpaired) electrons. The lowest BCUT2D eigenvalue weighted by atomic mass is 9.97. The van der Waals surface area contributed by atoms with Crippen LogP contribution in [0.3, 0.4) is 0 Å². The molecule has 0 spiro atoms. The summed E-state index contributed by atoms with van der Waals surface area (Å²) in [5.74, 6) is -0.266. The number of phosphoric acid groups is 2. The van der Waals surface area contributed by atoms with Gasteiger partial charge in [-0.1, -0.05) is 6.92 Å². The van der Waals surface area contributed by atoms with Crippen molar-refractivity contribution in [3.8, 4) is 0 Å². The Morgan fingerprint density at radius 2 is 1.69 bits per heavy atom. The van der Waals surface area contributed by atoms with Gasteiger partial charge in [0, 0.05) is 0 Å². The molecule has 5 unspecified atom stereocenters. The quantitative estimate of drug-likeness (QED) is 0.127. The number of nitrogens with zero attached hydrogens (tertiary/aromatic N) is 3. The minimum Gasteiger partial charge on any atom is -0.388 e. The van der Waals surface area contributed by atoms with Crippen molar-refractivity contribution in [2.45, 2.75) is 68.6 Å². The van der Waals surface area contributed by atoms with Crippen LogP contribution in [-0.2, 0) is 32.0 Å². The van der Waals surface area contributed by atoms with E-state index in [-0.39, 0.29) is 23.5 Å². The van der Waals surface area contributed by atoms with Crippen LogP contribution in [0.1, 0.15) is 19.6 Å². The van der Waals surface area contributed by atoms with Crippen LogP contribution in [0.5, 0.6) is 0 Å². The Morgan fingerprint density at radius 3 is 2.36 bits per heavy atom. The Balaban J connectivity index is 1.39. The number of fused-ring (bicyclic) bond motifs is 1. The van der Waals surface area contributed by atoms with E-state index in [1.165, 1.54) is 0 Å². The highest BCUT2D eigenvalue weighted by Gasteiger charge is 2.49. The van der Waals surface area contributed by atoms with Gasteiger partial charge in [0.25, 0.3) is 5.56 Å². The Hall–Kier alpha value is -1.87. The van der Waals surface area contributed by atoms with Crippen LogP contribution >= 0.6 is 15.6 Å². The van der Waals surface area contributed by atoms with Gasteiger partial charge in [0.2, 0.25) is 5.95 Å². The number of imidazole rings is 1. The molecular weight excluding hydrogens is 576 g/mol. The van der Waals surface area contributed by atoms with Crippen LogP contribution in [0.2, 0.25) is 0 Å². The zero-order valence-electron chi connectivity index (χ0n) is 19.9. The minimum absolute atomic E-state index is 0.0985. The molecule has 0 saturated carbocycles. The van der Waals surface area contributed by atoms with E-state index in [2.05, 4.69) is 28.3 Å². The van der Waals surface area contributed by atoms with E-state index in [0.717, 1.165) is 10.9 Å². The number of H-pyrrole nitrogens is 1. The molecule has 2 aliphatic rings. The second-order valence-corrected chi connectivity index (χ2v) is 11.7. The first-order valence-electron chi connectivity index (χ1n) is 11.3. The summed E-state index contributed by atoms with van der Waals surface area (Å²) < 4.78 is 49.7. The lowest BCUT2D eigenvalue weighted by Gasteiger charge is -2.40. The van der Waals surface area contributed by atoms with Gasteiger partial charge >= 0.3 is 15.6 Å². The third-order valence-electron chi connectivity index (χ3n) is 5.98. The molecule has 2 aromatic heterocycles. The third kappa shape index (κ3) is 6.24. The SMILES string of the molecule is CCC1O[C@H](OP(=O)(O)OP(=O)(O)OC[C@H]2O[C@@H](n3cnc4c(=O)[nH]c(N)nc43)[C@@H](O)[C@H]2O)C(O)C(O)[C@@H]1O. The summed E-state index contributed by atoms with van der Waals surface area (Å²) in [4.78, 5) is 41.8. The van der Waals surface area contributed by atoms with Gasteiger partial charge < -0.3 is 50.5 Å². The largest absolute Gasteiger partial charge is 0.483 e. The van der Waals surface area contributed by atoms with Gasteiger partial charge in [-0.3, -0.25) is 23.4 Å². The standard InChI is InChI=1S/C17H27N5O15P2/c1-2-5-8(23)10(25)12(27)16(35-5)36-39(31,32)37-38(29,30)33-3-6-9(24)11(26)15(34-6)22-4-19-7-13(22)20-17(18)21-14(7)28/h4-6,8-12,15-16,23-27H,2-3H2,1H3,(H,29,30)(H,31,32)(H3,18,20,21,28)/t5?,6-,8-,9+,10?,11+,12?,15-,16-/m1/s1. The summed E-state index contributed by atoms with van der Waals surface area (Å²) in [5, 5.41) is 50.5. The number of hydrogen-bond donors (Lipinski definition) is 9. The molecule has 2 aliphatic heterocycles. The number of aromatic amines is 1. The fourth-order valence-electron chi connectivity index (χ4n) is 4.04. The van der Waals surface area contributed by atoms with Crippen molar-refractivity contribution in [1.82, 2.24) is 19.5 Å². The molecule has 10 N–H and O–H groups in total. The number of nitrogens with two attached hydrogens (primary N) is 1. The number of ether oxygens (including phenoxy) is 2. The highest BCUT2D eigenvalue weighted by Crippen LogP contribution is 2.61. The van der Waals surface area contributed by atoms with Crippen LogP contribution in [0.4, 0.5) is 5.95 Å². The normalized spacial score (nSPS) is 36.6. The molecule has 0 aliphatic carbocycles. The summed E-state index contributed by atoms with van der Waals surface area (Å²) in [6, 6.07) is 0. The van der Waals surface area contributed by atoms with Crippen molar-refractivity contribution >= 4 is 32.8 Å². The van der Waals surface area contributed by atoms with Gasteiger partial charge in [0.1, 0.15) is 36.6 Å². The molecular formula is C17H27N5O15P2. The van der Waals surface area contributed by atoms with Gasteiger partial charge in [-0.15, -0.1) is 0 Å². The van der Waals surface area contributed by atoms with Crippen LogP contribution in [-0.4, -0.2) is 110 Å². The zero-order valence-corrected chi connectivity index (χ0v) is 21.7. The summed E-state index contributed by atoms with van der Waals surface area (Å²) in [6.45, 7) is 0.582. The number of hydrogen-bond acceptors (Lipinski definition) is 16. The zero-order chi connectivity index (χ0) is 28.9.